The van der Waals surface area contributed by atoms with E-state index >= 15 is 0 Å². The van der Waals surface area contributed by atoms with E-state index in [1.165, 1.54) is 12.3 Å². The smallest absolute Gasteiger partial charge is 0.280 e. The second kappa shape index (κ2) is 6.37. The summed E-state index contributed by atoms with van der Waals surface area (Å²) in [5.41, 5.74) is 3.21. The first-order valence-corrected chi connectivity index (χ1v) is 7.90. The van der Waals surface area contributed by atoms with Gasteiger partial charge in [-0.05, 0) is 11.6 Å². The molecule has 0 unspecified atom stereocenters. The molecule has 4 rings (SSSR count). The van der Waals surface area contributed by atoms with E-state index in [9.17, 15) is 14.0 Å². The lowest BCUT2D eigenvalue weighted by Crippen LogP contribution is -1.97. The summed E-state index contributed by atoms with van der Waals surface area (Å²) in [6, 6.07) is 18.7. The Hall–Kier alpha value is -3.59. The summed E-state index contributed by atoms with van der Waals surface area (Å²) < 4.78 is 27.3. The van der Waals surface area contributed by atoms with Gasteiger partial charge in [0.1, 0.15) is 11.8 Å². The maximum atomic E-state index is 12.8. The number of hydrogen-bond acceptors (Lipinski definition) is 3. The number of nitrogens with zero attached hydrogens (tertiary/aromatic N) is 4. The Morgan fingerprint density at radius 3 is 2.46 bits per heavy atom. The summed E-state index contributed by atoms with van der Waals surface area (Å²) >= 11 is 0. The molecule has 0 N–H and O–H groups in total. The van der Waals surface area contributed by atoms with E-state index < -0.39 is 6.43 Å². The Morgan fingerprint density at radius 1 is 0.962 bits per heavy atom. The molecule has 0 amide bonds. The average Bonchev–Trinajstić information content (AvgIpc) is 3.11. The number of fused-ring (bicyclic) bond motifs is 1. The summed E-state index contributed by atoms with van der Waals surface area (Å²) in [6.45, 7) is 0. The van der Waals surface area contributed by atoms with Gasteiger partial charge in [-0.1, -0.05) is 48.5 Å². The van der Waals surface area contributed by atoms with Gasteiger partial charge in [-0.25, -0.2) is 18.7 Å². The van der Waals surface area contributed by atoms with Crippen LogP contribution in [0.4, 0.5) is 8.78 Å². The molecule has 0 aliphatic carbocycles. The topological polar surface area (TPSA) is 54.0 Å². The third-order valence-corrected chi connectivity index (χ3v) is 4.16. The Balaban J connectivity index is 1.92. The van der Waals surface area contributed by atoms with Crippen LogP contribution in [0.1, 0.15) is 17.7 Å². The normalized spacial score (nSPS) is 11.0. The van der Waals surface area contributed by atoms with E-state index in [4.69, 9.17) is 0 Å². The van der Waals surface area contributed by atoms with Crippen molar-refractivity contribution in [3.8, 4) is 28.5 Å². The lowest BCUT2D eigenvalue weighted by molar-refractivity contribution is 0.146. The summed E-state index contributed by atoms with van der Waals surface area (Å²) in [5, 5.41) is 9.75. The highest BCUT2D eigenvalue weighted by molar-refractivity contribution is 5.81. The maximum absolute atomic E-state index is 12.8. The minimum atomic E-state index is -2.66. The predicted molar refractivity (Wildman–Crippen MR) is 93.5 cm³/mol. The van der Waals surface area contributed by atoms with Gasteiger partial charge in [0.05, 0.1) is 17.5 Å². The minimum absolute atomic E-state index is 0.173. The van der Waals surface area contributed by atoms with E-state index in [0.29, 0.717) is 16.8 Å². The first kappa shape index (κ1) is 15.9. The van der Waals surface area contributed by atoms with Crippen molar-refractivity contribution in [2.45, 2.75) is 6.43 Å². The second-order valence-corrected chi connectivity index (χ2v) is 5.67. The van der Waals surface area contributed by atoms with E-state index in [2.05, 4.69) is 16.0 Å². The Kier molecular flexibility index (Phi) is 3.90. The molecular formula is C20H12F2N4. The van der Waals surface area contributed by atoms with Crippen molar-refractivity contribution in [2.24, 2.45) is 0 Å². The quantitative estimate of drug-likeness (QED) is 0.532. The SMILES string of the molecule is N#Cc1c(-c2ccccc2)cccc1-c1cnc2nc(C(F)F)ccn12. The molecule has 0 atom stereocenters. The fourth-order valence-corrected chi connectivity index (χ4v) is 2.95. The zero-order valence-electron chi connectivity index (χ0n) is 13.5. The van der Waals surface area contributed by atoms with Gasteiger partial charge in [-0.2, -0.15) is 5.26 Å². The summed E-state index contributed by atoms with van der Waals surface area (Å²) in [7, 11) is 0. The molecule has 6 heteroatoms. The number of halogens is 2. The van der Waals surface area contributed by atoms with Crippen LogP contribution in [0.15, 0.2) is 67.0 Å². The van der Waals surface area contributed by atoms with Gasteiger partial charge in [-0.3, -0.25) is 4.40 Å². The lowest BCUT2D eigenvalue weighted by Gasteiger charge is -2.10. The van der Waals surface area contributed by atoms with Gasteiger partial charge < -0.3 is 0 Å². The molecule has 4 aromatic rings. The molecule has 0 aliphatic heterocycles. The number of benzene rings is 2. The number of imidazole rings is 1. The number of rotatable bonds is 3. The highest BCUT2D eigenvalue weighted by atomic mass is 19.3. The van der Waals surface area contributed by atoms with Gasteiger partial charge in [-0.15, -0.1) is 0 Å². The van der Waals surface area contributed by atoms with Gasteiger partial charge in [0.15, 0.2) is 0 Å². The van der Waals surface area contributed by atoms with Crippen LogP contribution in [0, 0.1) is 11.3 Å². The van der Waals surface area contributed by atoms with Crippen molar-refractivity contribution < 1.29 is 8.78 Å². The summed E-state index contributed by atoms with van der Waals surface area (Å²) in [5.74, 6) is 0.173. The van der Waals surface area contributed by atoms with Crippen LogP contribution in [0.2, 0.25) is 0 Å². The molecule has 4 nitrogen and oxygen atoms in total. The third-order valence-electron chi connectivity index (χ3n) is 4.16. The van der Waals surface area contributed by atoms with Crippen LogP contribution in [0.25, 0.3) is 28.2 Å². The van der Waals surface area contributed by atoms with E-state index in [1.807, 2.05) is 48.5 Å². The number of hydrogen-bond donors (Lipinski definition) is 0. The minimum Gasteiger partial charge on any atom is -0.284 e. The molecule has 0 spiro atoms. The highest BCUT2D eigenvalue weighted by Gasteiger charge is 2.16. The second-order valence-electron chi connectivity index (χ2n) is 5.67. The molecule has 2 heterocycles. The molecule has 0 saturated heterocycles. The van der Waals surface area contributed by atoms with Crippen LogP contribution in [-0.2, 0) is 0 Å². The van der Waals surface area contributed by atoms with Crippen molar-refractivity contribution in [2.75, 3.05) is 0 Å². The zero-order chi connectivity index (χ0) is 18.1. The molecule has 0 bridgehead atoms. The van der Waals surface area contributed by atoms with Crippen molar-refractivity contribution in [3.05, 3.63) is 78.2 Å². The first-order valence-electron chi connectivity index (χ1n) is 7.90. The van der Waals surface area contributed by atoms with Crippen LogP contribution in [0.3, 0.4) is 0 Å². The van der Waals surface area contributed by atoms with Crippen molar-refractivity contribution >= 4 is 5.78 Å². The molecular weight excluding hydrogens is 334 g/mol. The first-order chi connectivity index (χ1) is 12.7. The van der Waals surface area contributed by atoms with E-state index in [0.717, 1.165) is 11.1 Å². The fraction of sp³-hybridized carbons (Fsp3) is 0.0500. The van der Waals surface area contributed by atoms with Crippen molar-refractivity contribution in [1.29, 1.82) is 5.26 Å². The van der Waals surface area contributed by atoms with E-state index in [-0.39, 0.29) is 11.5 Å². The molecule has 2 aromatic heterocycles. The van der Waals surface area contributed by atoms with Gasteiger partial charge >= 0.3 is 0 Å². The Morgan fingerprint density at radius 2 is 1.73 bits per heavy atom. The van der Waals surface area contributed by atoms with E-state index in [1.54, 1.807) is 10.6 Å². The van der Waals surface area contributed by atoms with Crippen LogP contribution in [-0.4, -0.2) is 14.4 Å². The van der Waals surface area contributed by atoms with Gasteiger partial charge in [0.25, 0.3) is 6.43 Å². The summed E-state index contributed by atoms with van der Waals surface area (Å²) in [4.78, 5) is 8.00. The molecule has 0 saturated carbocycles. The van der Waals surface area contributed by atoms with Crippen molar-refractivity contribution in [1.82, 2.24) is 14.4 Å². The largest absolute Gasteiger partial charge is 0.284 e. The number of aromatic nitrogens is 3. The number of alkyl halides is 2. The Bertz CT molecular complexity index is 1130. The maximum Gasteiger partial charge on any atom is 0.280 e. The van der Waals surface area contributed by atoms with Crippen LogP contribution < -0.4 is 0 Å². The van der Waals surface area contributed by atoms with Crippen molar-refractivity contribution in [3.63, 3.8) is 0 Å². The fourth-order valence-electron chi connectivity index (χ4n) is 2.95. The van der Waals surface area contributed by atoms with Gasteiger partial charge in [0, 0.05) is 17.3 Å². The van der Waals surface area contributed by atoms with Crippen LogP contribution in [0.5, 0.6) is 0 Å². The molecule has 0 fully saturated rings. The molecule has 26 heavy (non-hydrogen) atoms. The monoisotopic (exact) mass is 346 g/mol. The summed E-state index contributed by atoms with van der Waals surface area (Å²) in [6.07, 6.45) is 0.390. The molecule has 0 aliphatic rings. The lowest BCUT2D eigenvalue weighted by atomic mass is 9.95. The zero-order valence-corrected chi connectivity index (χ0v) is 13.5. The van der Waals surface area contributed by atoms with Gasteiger partial charge in [0.2, 0.25) is 5.78 Å². The molecule has 126 valence electrons. The molecule has 2 aromatic carbocycles. The third kappa shape index (κ3) is 2.60. The standard InChI is InChI=1S/C20H12F2N4/c21-19(22)17-9-10-26-18(12-24-20(26)25-17)15-8-4-7-14(16(15)11-23)13-5-2-1-3-6-13/h1-10,12,19H. The average molecular weight is 346 g/mol. The Labute approximate surface area is 148 Å². The molecule has 0 radical (unpaired) electrons. The number of nitriles is 1. The van der Waals surface area contributed by atoms with Crippen LogP contribution >= 0.6 is 0 Å². The predicted octanol–water partition coefficient (Wildman–Crippen LogP) is 4.87. The highest BCUT2D eigenvalue weighted by Crippen LogP contribution is 2.32.